The van der Waals surface area contributed by atoms with Crippen LogP contribution in [0.5, 0.6) is 0 Å². The molecule has 0 bridgehead atoms. The Balaban J connectivity index is 2.37. The monoisotopic (exact) mass is 411 g/mol. The maximum absolute atomic E-state index is 13.3. The Labute approximate surface area is 171 Å². The van der Waals surface area contributed by atoms with Crippen molar-refractivity contribution in [3.63, 3.8) is 0 Å². The topological polar surface area (TPSA) is 57.6 Å². The average Bonchev–Trinajstić information content (AvgIpc) is 2.58. The van der Waals surface area contributed by atoms with E-state index in [1.54, 1.807) is 0 Å². The third-order valence-electron chi connectivity index (χ3n) is 5.13. The maximum Gasteiger partial charge on any atom is 0.304 e. The summed E-state index contributed by atoms with van der Waals surface area (Å²) in [5.74, 6) is -0.220. The molecule has 3 atom stereocenters. The number of rotatable bonds is 8. The van der Waals surface area contributed by atoms with E-state index in [0.717, 1.165) is 17.7 Å². The molecule has 1 saturated heterocycles. The number of amides is 1. The minimum absolute atomic E-state index is 0.0216. The maximum atomic E-state index is 13.3. The highest BCUT2D eigenvalue weighted by atomic mass is 35.5. The number of halogens is 1. The molecule has 0 aromatic heterocycles. The van der Waals surface area contributed by atoms with E-state index in [9.17, 15) is 14.7 Å². The highest BCUT2D eigenvalue weighted by Crippen LogP contribution is 2.39. The fourth-order valence-electron chi connectivity index (χ4n) is 3.68. The number of hydrogen-bond acceptors (Lipinski definition) is 3. The van der Waals surface area contributed by atoms with Gasteiger partial charge in [-0.05, 0) is 41.7 Å². The molecule has 1 aromatic rings. The van der Waals surface area contributed by atoms with Crippen LogP contribution in [-0.2, 0) is 9.59 Å². The number of thioether (sulfide) groups is 1. The minimum Gasteiger partial charge on any atom is -0.481 e. The molecule has 1 aliphatic heterocycles. The zero-order valence-electron chi connectivity index (χ0n) is 16.5. The van der Waals surface area contributed by atoms with Crippen LogP contribution >= 0.6 is 23.4 Å². The second-order valence-corrected chi connectivity index (χ2v) is 9.92. The number of carboxylic acids is 1. The van der Waals surface area contributed by atoms with Crippen LogP contribution in [0.2, 0.25) is 5.02 Å². The summed E-state index contributed by atoms with van der Waals surface area (Å²) in [5.41, 5.74) is 1.07. The van der Waals surface area contributed by atoms with E-state index in [1.165, 1.54) is 0 Å². The Morgan fingerprint density at radius 2 is 1.85 bits per heavy atom. The largest absolute Gasteiger partial charge is 0.481 e. The van der Waals surface area contributed by atoms with Crippen molar-refractivity contribution in [3.8, 4) is 0 Å². The summed E-state index contributed by atoms with van der Waals surface area (Å²) in [4.78, 5) is 26.6. The first kappa shape index (κ1) is 22.1. The first-order chi connectivity index (χ1) is 12.7. The van der Waals surface area contributed by atoms with Crippen molar-refractivity contribution in [2.45, 2.75) is 64.3 Å². The van der Waals surface area contributed by atoms with E-state index in [1.807, 2.05) is 40.9 Å². The van der Waals surface area contributed by atoms with E-state index in [0.29, 0.717) is 22.6 Å². The van der Waals surface area contributed by atoms with E-state index in [2.05, 4.69) is 27.7 Å². The number of piperidine rings is 1. The fourth-order valence-corrected chi connectivity index (χ4v) is 4.93. The summed E-state index contributed by atoms with van der Waals surface area (Å²) >= 11 is 7.89. The average molecular weight is 412 g/mol. The second-order valence-electron chi connectivity index (χ2n) is 7.88. The Hall–Kier alpha value is -1.20. The van der Waals surface area contributed by atoms with Crippen LogP contribution in [0.3, 0.4) is 0 Å². The van der Waals surface area contributed by atoms with Gasteiger partial charge >= 0.3 is 5.97 Å². The van der Waals surface area contributed by atoms with Gasteiger partial charge in [-0.25, -0.2) is 0 Å². The van der Waals surface area contributed by atoms with Gasteiger partial charge in [0, 0.05) is 22.7 Å². The lowest BCUT2D eigenvalue weighted by molar-refractivity contribution is -0.151. The first-order valence-electron chi connectivity index (χ1n) is 9.61. The molecule has 1 amide bonds. The highest BCUT2D eigenvalue weighted by molar-refractivity contribution is 7.99. The third kappa shape index (κ3) is 5.89. The Bertz CT molecular complexity index is 647. The molecule has 0 saturated carbocycles. The predicted molar refractivity (Wildman–Crippen MR) is 112 cm³/mol. The normalized spacial score (nSPS) is 21.7. The van der Waals surface area contributed by atoms with Crippen molar-refractivity contribution in [2.24, 2.45) is 11.8 Å². The zero-order valence-corrected chi connectivity index (χ0v) is 18.1. The summed E-state index contributed by atoms with van der Waals surface area (Å²) in [6.45, 7) is 8.59. The molecule has 2 unspecified atom stereocenters. The third-order valence-corrected chi connectivity index (χ3v) is 6.58. The Kier molecular flexibility index (Phi) is 8.04. The SMILES string of the molecule is CC(C)SCC(C(C)C)N1C(=O)[C@@H](CC(=O)O)CCC1c1ccc(Cl)cc1. The van der Waals surface area contributed by atoms with Crippen molar-refractivity contribution >= 4 is 35.2 Å². The van der Waals surface area contributed by atoms with Crippen molar-refractivity contribution in [1.82, 2.24) is 4.90 Å². The van der Waals surface area contributed by atoms with E-state index >= 15 is 0 Å². The quantitative estimate of drug-likeness (QED) is 0.633. The first-order valence-corrected chi connectivity index (χ1v) is 11.0. The number of nitrogens with zero attached hydrogens (tertiary/aromatic N) is 1. The standard InChI is InChI=1S/C21H30ClNO3S/c1-13(2)19(12-27-14(3)4)23-18(15-5-8-17(22)9-6-15)10-7-16(21(23)26)11-20(24)25/h5-6,8-9,13-14,16,18-19H,7,10-12H2,1-4H3,(H,24,25)/t16-,18?,19?/m1/s1. The van der Waals surface area contributed by atoms with Crippen LogP contribution < -0.4 is 0 Å². The van der Waals surface area contributed by atoms with Crippen molar-refractivity contribution in [1.29, 1.82) is 0 Å². The van der Waals surface area contributed by atoms with E-state index in [4.69, 9.17) is 11.6 Å². The Morgan fingerprint density at radius 3 is 2.37 bits per heavy atom. The summed E-state index contributed by atoms with van der Waals surface area (Å²) in [6, 6.07) is 7.73. The number of carbonyl (C=O) groups excluding carboxylic acids is 1. The molecule has 1 N–H and O–H groups in total. The van der Waals surface area contributed by atoms with Crippen molar-refractivity contribution in [2.75, 3.05) is 5.75 Å². The smallest absolute Gasteiger partial charge is 0.304 e. The van der Waals surface area contributed by atoms with Gasteiger partial charge in [0.1, 0.15) is 0 Å². The van der Waals surface area contributed by atoms with Crippen LogP contribution in [-0.4, -0.2) is 38.9 Å². The lowest BCUT2D eigenvalue weighted by atomic mass is 9.84. The van der Waals surface area contributed by atoms with E-state index in [-0.39, 0.29) is 24.4 Å². The number of hydrogen-bond donors (Lipinski definition) is 1. The van der Waals surface area contributed by atoms with Crippen molar-refractivity contribution < 1.29 is 14.7 Å². The number of aliphatic carboxylic acids is 1. The Morgan fingerprint density at radius 1 is 1.22 bits per heavy atom. The molecule has 1 aromatic carbocycles. The van der Waals surface area contributed by atoms with Crippen LogP contribution in [0.1, 0.15) is 58.6 Å². The van der Waals surface area contributed by atoms with Gasteiger partial charge in [-0.2, -0.15) is 11.8 Å². The summed E-state index contributed by atoms with van der Waals surface area (Å²) in [6.07, 6.45) is 1.29. The van der Waals surface area contributed by atoms with Gasteiger partial charge in [0.2, 0.25) is 5.91 Å². The molecule has 150 valence electrons. The van der Waals surface area contributed by atoms with Crippen LogP contribution in [0, 0.1) is 11.8 Å². The number of benzene rings is 1. The number of likely N-dealkylation sites (tertiary alicyclic amines) is 1. The van der Waals surface area contributed by atoms with Gasteiger partial charge in [-0.3, -0.25) is 9.59 Å². The number of carboxylic acid groups (broad SMARTS) is 1. The van der Waals surface area contributed by atoms with Crippen LogP contribution in [0.15, 0.2) is 24.3 Å². The molecular formula is C21H30ClNO3S. The molecule has 27 heavy (non-hydrogen) atoms. The minimum atomic E-state index is -0.907. The summed E-state index contributed by atoms with van der Waals surface area (Å²) < 4.78 is 0. The van der Waals surface area contributed by atoms with Gasteiger partial charge in [-0.1, -0.05) is 51.4 Å². The van der Waals surface area contributed by atoms with Gasteiger partial charge in [0.15, 0.2) is 0 Å². The molecule has 0 aliphatic carbocycles. The zero-order chi connectivity index (χ0) is 20.1. The van der Waals surface area contributed by atoms with Crippen LogP contribution in [0.25, 0.3) is 0 Å². The highest BCUT2D eigenvalue weighted by Gasteiger charge is 2.41. The molecule has 1 heterocycles. The fraction of sp³-hybridized carbons (Fsp3) is 0.619. The molecule has 1 fully saturated rings. The van der Waals surface area contributed by atoms with Gasteiger partial charge in [0.05, 0.1) is 12.5 Å². The molecule has 0 radical (unpaired) electrons. The molecule has 1 aliphatic rings. The molecule has 4 nitrogen and oxygen atoms in total. The summed E-state index contributed by atoms with van der Waals surface area (Å²) in [5, 5.41) is 10.4. The predicted octanol–water partition coefficient (Wildman–Crippen LogP) is 5.26. The molecule has 2 rings (SSSR count). The van der Waals surface area contributed by atoms with Crippen molar-refractivity contribution in [3.05, 3.63) is 34.9 Å². The molecule has 6 heteroatoms. The van der Waals surface area contributed by atoms with E-state index < -0.39 is 11.9 Å². The second kappa shape index (κ2) is 9.83. The lowest BCUT2D eigenvalue weighted by Crippen LogP contribution is -2.52. The molecule has 0 spiro atoms. The summed E-state index contributed by atoms with van der Waals surface area (Å²) in [7, 11) is 0. The lowest BCUT2D eigenvalue weighted by Gasteiger charge is -2.45. The number of carbonyl (C=O) groups is 2. The van der Waals surface area contributed by atoms with Crippen LogP contribution in [0.4, 0.5) is 0 Å². The van der Waals surface area contributed by atoms with Gasteiger partial charge < -0.3 is 10.0 Å². The van der Waals surface area contributed by atoms with Gasteiger partial charge in [0.25, 0.3) is 0 Å². The van der Waals surface area contributed by atoms with Gasteiger partial charge in [-0.15, -0.1) is 0 Å². The molecular weight excluding hydrogens is 382 g/mol.